The first-order valence-electron chi connectivity index (χ1n) is 8.76. The Hall–Kier alpha value is -2.12. The number of hydrogen-bond acceptors (Lipinski definition) is 4. The molecule has 0 saturated carbocycles. The minimum Gasteiger partial charge on any atom is -0.367 e. The van der Waals surface area contributed by atoms with E-state index < -0.39 is 15.8 Å². The summed E-state index contributed by atoms with van der Waals surface area (Å²) in [6.07, 6.45) is 0. The molecule has 3 rings (SSSR count). The van der Waals surface area contributed by atoms with Gasteiger partial charge in [0, 0.05) is 26.2 Å². The smallest absolute Gasteiger partial charge is 0.262 e. The fourth-order valence-electron chi connectivity index (χ4n) is 3.25. The molecule has 2 aromatic rings. The van der Waals surface area contributed by atoms with Gasteiger partial charge in [0.1, 0.15) is 5.82 Å². The lowest BCUT2D eigenvalue weighted by molar-refractivity contribution is 0.271. The van der Waals surface area contributed by atoms with E-state index in [1.165, 1.54) is 12.1 Å². The summed E-state index contributed by atoms with van der Waals surface area (Å²) in [5.74, 6) is -0.448. The number of halogens is 1. The molecule has 1 saturated heterocycles. The third-order valence-corrected chi connectivity index (χ3v) is 6.26. The molecule has 2 aromatic carbocycles. The van der Waals surface area contributed by atoms with Gasteiger partial charge in [-0.25, -0.2) is 12.8 Å². The van der Waals surface area contributed by atoms with Gasteiger partial charge in [0.25, 0.3) is 10.0 Å². The number of nitrogens with one attached hydrogen (secondary N) is 1. The van der Waals surface area contributed by atoms with E-state index in [1.54, 1.807) is 19.1 Å². The first-order valence-corrected chi connectivity index (χ1v) is 10.2. The van der Waals surface area contributed by atoms with Gasteiger partial charge in [0.2, 0.25) is 0 Å². The first-order chi connectivity index (χ1) is 12.4. The third kappa shape index (κ3) is 3.99. The molecule has 5 nitrogen and oxygen atoms in total. The van der Waals surface area contributed by atoms with Gasteiger partial charge < -0.3 is 9.80 Å². The van der Waals surface area contributed by atoms with Crippen LogP contribution in [0.25, 0.3) is 0 Å². The molecule has 0 aliphatic carbocycles. The molecule has 1 heterocycles. The van der Waals surface area contributed by atoms with Gasteiger partial charge in [-0.15, -0.1) is 0 Å². The average Bonchev–Trinajstić information content (AvgIpc) is 2.61. The molecule has 26 heavy (non-hydrogen) atoms. The Balaban J connectivity index is 1.86. The quantitative estimate of drug-likeness (QED) is 0.870. The summed E-state index contributed by atoms with van der Waals surface area (Å²) in [5.41, 5.74) is 1.79. The Morgan fingerprint density at radius 3 is 2.42 bits per heavy atom. The van der Waals surface area contributed by atoms with E-state index in [2.05, 4.69) is 21.4 Å². The fourth-order valence-corrected chi connectivity index (χ4v) is 4.56. The maximum Gasteiger partial charge on any atom is 0.262 e. The molecule has 0 bridgehead atoms. The van der Waals surface area contributed by atoms with Crippen LogP contribution >= 0.6 is 0 Å². The van der Waals surface area contributed by atoms with E-state index in [-0.39, 0.29) is 4.90 Å². The zero-order chi connectivity index (χ0) is 18.7. The Morgan fingerprint density at radius 2 is 1.77 bits per heavy atom. The Morgan fingerprint density at radius 1 is 1.08 bits per heavy atom. The zero-order valence-corrected chi connectivity index (χ0v) is 15.9. The van der Waals surface area contributed by atoms with Crippen LogP contribution in [-0.2, 0) is 10.0 Å². The van der Waals surface area contributed by atoms with Crippen molar-refractivity contribution in [3.05, 3.63) is 53.8 Å². The van der Waals surface area contributed by atoms with Crippen molar-refractivity contribution >= 4 is 21.4 Å². The lowest BCUT2D eigenvalue weighted by atomic mass is 10.2. The highest BCUT2D eigenvalue weighted by Crippen LogP contribution is 2.29. The lowest BCUT2D eigenvalue weighted by Gasteiger charge is -2.36. The second kappa shape index (κ2) is 7.63. The van der Waals surface area contributed by atoms with Crippen LogP contribution in [0.4, 0.5) is 15.8 Å². The summed E-state index contributed by atoms with van der Waals surface area (Å²) < 4.78 is 41.6. The topological polar surface area (TPSA) is 52.6 Å². The molecule has 7 heteroatoms. The fraction of sp³-hybridized carbons (Fsp3) is 0.368. The van der Waals surface area contributed by atoms with Crippen molar-refractivity contribution in [2.75, 3.05) is 42.3 Å². The van der Waals surface area contributed by atoms with E-state index in [1.807, 2.05) is 12.1 Å². The maximum absolute atomic E-state index is 13.3. The van der Waals surface area contributed by atoms with Crippen LogP contribution in [0.15, 0.2) is 47.4 Å². The second-order valence-corrected chi connectivity index (χ2v) is 8.10. The summed E-state index contributed by atoms with van der Waals surface area (Å²) in [5, 5.41) is 0. The predicted octanol–water partition coefficient (Wildman–Crippen LogP) is 3.08. The van der Waals surface area contributed by atoms with Crippen molar-refractivity contribution in [1.29, 1.82) is 0 Å². The van der Waals surface area contributed by atoms with Crippen molar-refractivity contribution < 1.29 is 12.8 Å². The van der Waals surface area contributed by atoms with Gasteiger partial charge >= 0.3 is 0 Å². The van der Waals surface area contributed by atoms with E-state index in [9.17, 15) is 12.8 Å². The monoisotopic (exact) mass is 377 g/mol. The van der Waals surface area contributed by atoms with Crippen molar-refractivity contribution in [1.82, 2.24) is 4.90 Å². The highest BCUT2D eigenvalue weighted by molar-refractivity contribution is 7.92. The van der Waals surface area contributed by atoms with Crippen molar-refractivity contribution in [2.45, 2.75) is 18.7 Å². The van der Waals surface area contributed by atoms with Crippen LogP contribution in [0.2, 0.25) is 0 Å². The number of piperazine rings is 1. The molecule has 140 valence electrons. The molecule has 1 aliphatic rings. The van der Waals surface area contributed by atoms with Crippen molar-refractivity contribution in [3.63, 3.8) is 0 Å². The summed E-state index contributed by atoms with van der Waals surface area (Å²) in [6, 6.07) is 11.1. The molecule has 0 aromatic heterocycles. The van der Waals surface area contributed by atoms with Gasteiger partial charge in [0.15, 0.2) is 0 Å². The number of aryl methyl sites for hydroxylation is 1. The number of nitrogens with zero attached hydrogens (tertiary/aromatic N) is 2. The highest BCUT2D eigenvalue weighted by Gasteiger charge is 2.22. The van der Waals surface area contributed by atoms with E-state index >= 15 is 0 Å². The van der Waals surface area contributed by atoms with Crippen LogP contribution in [0, 0.1) is 12.7 Å². The zero-order valence-electron chi connectivity index (χ0n) is 15.1. The molecular formula is C19H24FN3O2S. The first kappa shape index (κ1) is 18.7. The summed E-state index contributed by atoms with van der Waals surface area (Å²) in [7, 11) is -3.79. The van der Waals surface area contributed by atoms with E-state index in [0.29, 0.717) is 11.3 Å². The maximum atomic E-state index is 13.3. The van der Waals surface area contributed by atoms with Crippen LogP contribution in [0.3, 0.4) is 0 Å². The predicted molar refractivity (Wildman–Crippen MR) is 103 cm³/mol. The Kier molecular flexibility index (Phi) is 5.48. The number of para-hydroxylation sites is 2. The normalized spacial score (nSPS) is 15.9. The number of anilines is 2. The number of benzene rings is 2. The molecule has 0 spiro atoms. The molecular weight excluding hydrogens is 353 g/mol. The standard InChI is InChI=1S/C19H24FN3O2S/c1-3-22-10-12-23(13-11-22)18-7-5-4-6-17(18)21-26(24,25)19-9-8-16(20)14-15(19)2/h4-9,14,21H,3,10-13H2,1-2H3. The largest absolute Gasteiger partial charge is 0.367 e. The molecule has 0 unspecified atom stereocenters. The molecule has 1 N–H and O–H groups in total. The average molecular weight is 377 g/mol. The Labute approximate surface area is 154 Å². The number of hydrogen-bond donors (Lipinski definition) is 1. The molecule has 0 radical (unpaired) electrons. The lowest BCUT2D eigenvalue weighted by Crippen LogP contribution is -2.46. The highest BCUT2D eigenvalue weighted by atomic mass is 32.2. The van der Waals surface area contributed by atoms with Crippen LogP contribution in [0.5, 0.6) is 0 Å². The van der Waals surface area contributed by atoms with Crippen LogP contribution < -0.4 is 9.62 Å². The summed E-state index contributed by atoms with van der Waals surface area (Å²) >= 11 is 0. The molecule has 0 atom stereocenters. The van der Waals surface area contributed by atoms with Gasteiger partial charge in [-0.1, -0.05) is 19.1 Å². The summed E-state index contributed by atoms with van der Waals surface area (Å²) in [6.45, 7) is 8.36. The molecule has 1 fully saturated rings. The number of sulfonamides is 1. The molecule has 1 aliphatic heterocycles. The van der Waals surface area contributed by atoms with Crippen LogP contribution in [-0.4, -0.2) is 46.0 Å². The van der Waals surface area contributed by atoms with Gasteiger partial charge in [-0.05, 0) is 49.4 Å². The number of likely N-dealkylation sites (N-methyl/N-ethyl adjacent to an activating group) is 1. The minimum absolute atomic E-state index is 0.0875. The van der Waals surface area contributed by atoms with E-state index in [4.69, 9.17) is 0 Å². The van der Waals surface area contributed by atoms with Gasteiger partial charge in [-0.2, -0.15) is 0 Å². The second-order valence-electron chi connectivity index (χ2n) is 6.45. The number of rotatable bonds is 5. The summed E-state index contributed by atoms with van der Waals surface area (Å²) in [4.78, 5) is 4.65. The van der Waals surface area contributed by atoms with Crippen LogP contribution in [0.1, 0.15) is 12.5 Å². The van der Waals surface area contributed by atoms with Gasteiger partial charge in [0.05, 0.1) is 16.3 Å². The molecule has 0 amide bonds. The minimum atomic E-state index is -3.79. The Bertz CT molecular complexity index is 878. The van der Waals surface area contributed by atoms with E-state index in [0.717, 1.165) is 44.5 Å². The van der Waals surface area contributed by atoms with Crippen molar-refractivity contribution in [2.24, 2.45) is 0 Å². The van der Waals surface area contributed by atoms with Gasteiger partial charge in [-0.3, -0.25) is 4.72 Å². The van der Waals surface area contributed by atoms with Crippen molar-refractivity contribution in [3.8, 4) is 0 Å². The third-order valence-electron chi connectivity index (χ3n) is 4.74. The SMILES string of the molecule is CCN1CCN(c2ccccc2NS(=O)(=O)c2ccc(F)cc2C)CC1.